The Morgan fingerprint density at radius 3 is 2.63 bits per heavy atom. The molecule has 3 aliphatic rings. The number of fused-ring (bicyclic) bond motifs is 5. The van der Waals surface area contributed by atoms with E-state index in [9.17, 15) is 27.5 Å². The molecule has 3 aliphatic carbocycles. The number of anilines is 1. The van der Waals surface area contributed by atoms with Gasteiger partial charge in [0, 0.05) is 29.4 Å². The summed E-state index contributed by atoms with van der Waals surface area (Å²) < 4.78 is 55.5. The van der Waals surface area contributed by atoms with Crippen molar-refractivity contribution in [3.8, 4) is 11.4 Å². The molecule has 8 nitrogen and oxygen atoms in total. The third kappa shape index (κ3) is 3.58. The minimum Gasteiger partial charge on any atom is -0.481 e. The van der Waals surface area contributed by atoms with Crippen LogP contribution in [0.2, 0.25) is 0 Å². The zero-order valence-electron chi connectivity index (χ0n) is 18.2. The number of aromatic amines is 1. The van der Waals surface area contributed by atoms with Crippen LogP contribution in [-0.2, 0) is 11.0 Å². The third-order valence-electron chi connectivity index (χ3n) is 7.34. The van der Waals surface area contributed by atoms with E-state index in [0.29, 0.717) is 16.6 Å². The van der Waals surface area contributed by atoms with E-state index in [4.69, 9.17) is 0 Å². The van der Waals surface area contributed by atoms with Gasteiger partial charge in [0.05, 0.1) is 17.7 Å². The number of pyridine rings is 1. The monoisotopic (exact) mass is 488 g/mol. The highest BCUT2D eigenvalue weighted by Crippen LogP contribution is 2.46. The quantitative estimate of drug-likeness (QED) is 0.359. The molecule has 182 valence electrons. The van der Waals surface area contributed by atoms with Gasteiger partial charge in [0.15, 0.2) is 11.6 Å². The van der Waals surface area contributed by atoms with Gasteiger partial charge in [0.2, 0.25) is 0 Å². The number of nitrogens with zero attached hydrogens (tertiary/aromatic N) is 4. The van der Waals surface area contributed by atoms with Gasteiger partial charge in [0.25, 0.3) is 0 Å². The number of aromatic nitrogens is 5. The molecule has 0 saturated heterocycles. The maximum absolute atomic E-state index is 13.9. The molecule has 4 heterocycles. The summed E-state index contributed by atoms with van der Waals surface area (Å²) in [5, 5.41) is 17.7. The second kappa shape index (κ2) is 7.65. The molecule has 2 bridgehead atoms. The second-order valence-electron chi connectivity index (χ2n) is 9.30. The van der Waals surface area contributed by atoms with Crippen molar-refractivity contribution < 1.29 is 27.5 Å². The molecular weight excluding hydrogens is 468 g/mol. The van der Waals surface area contributed by atoms with E-state index in [2.05, 4.69) is 25.4 Å². The Kier molecular flexibility index (Phi) is 4.77. The molecule has 2 atom stereocenters. The first-order valence-corrected chi connectivity index (χ1v) is 11.3. The van der Waals surface area contributed by atoms with Gasteiger partial charge in [-0.15, -0.1) is 5.10 Å². The van der Waals surface area contributed by atoms with Gasteiger partial charge >= 0.3 is 12.1 Å². The second-order valence-corrected chi connectivity index (χ2v) is 9.30. The number of carboxylic acid groups (broad SMARTS) is 1. The maximum Gasteiger partial charge on any atom is 0.417 e. The molecule has 4 aromatic rings. The fourth-order valence-electron chi connectivity index (χ4n) is 5.71. The molecule has 12 heteroatoms. The first kappa shape index (κ1) is 21.8. The van der Waals surface area contributed by atoms with Crippen molar-refractivity contribution in [1.82, 2.24) is 24.6 Å². The first-order valence-electron chi connectivity index (χ1n) is 11.3. The van der Waals surface area contributed by atoms with Crippen molar-refractivity contribution >= 4 is 28.3 Å². The molecule has 0 spiro atoms. The largest absolute Gasteiger partial charge is 0.481 e. The minimum absolute atomic E-state index is 0.00696. The Bertz CT molecular complexity index is 1450. The number of hydrogen-bond acceptors (Lipinski definition) is 5. The third-order valence-corrected chi connectivity index (χ3v) is 7.34. The Labute approximate surface area is 195 Å². The predicted octanol–water partition coefficient (Wildman–Crippen LogP) is 4.73. The Morgan fingerprint density at radius 2 is 1.91 bits per heavy atom. The van der Waals surface area contributed by atoms with Gasteiger partial charge in [-0.1, -0.05) is 0 Å². The van der Waals surface area contributed by atoms with E-state index in [-0.39, 0.29) is 29.0 Å². The predicted molar refractivity (Wildman–Crippen MR) is 117 cm³/mol. The average Bonchev–Trinajstić information content (AvgIpc) is 3.43. The summed E-state index contributed by atoms with van der Waals surface area (Å²) in [5.41, 5.74) is -0.0906. The molecule has 4 aromatic heterocycles. The van der Waals surface area contributed by atoms with Crippen molar-refractivity contribution in [2.45, 2.75) is 37.9 Å². The van der Waals surface area contributed by atoms with E-state index in [1.807, 2.05) is 0 Å². The van der Waals surface area contributed by atoms with E-state index in [1.54, 1.807) is 0 Å². The standard InChI is InChI=1S/C23H20F4N6O2/c24-13-6-14-15(8-29-19(14)28-7-13)20-31-21(16-5-12(23(25,26)27)9-33(16)32-20)30-18-11-3-1-10(2-4-11)17(18)22(34)35/h5-11,17-18H,1-4H2,(H,28,29)(H,34,35)(H,30,31,32)/t10?,11?,17-,18?/m0/s1. The molecule has 0 aliphatic heterocycles. The lowest BCUT2D eigenvalue weighted by atomic mass is 9.61. The molecule has 0 aromatic carbocycles. The molecular formula is C23H20F4N6O2. The molecule has 3 N–H and O–H groups in total. The SMILES string of the molecule is O=C(O)[C@H]1C2CCC(CC2)C1Nc1nc(-c2c[nH]c3ncc(F)cc23)nn2cc(C(F)(F)F)cc12. The highest BCUT2D eigenvalue weighted by molar-refractivity contribution is 5.92. The smallest absolute Gasteiger partial charge is 0.417 e. The summed E-state index contributed by atoms with van der Waals surface area (Å²) in [4.78, 5) is 23.5. The lowest BCUT2D eigenvalue weighted by Gasteiger charge is -2.47. The molecule has 1 unspecified atom stereocenters. The van der Waals surface area contributed by atoms with Gasteiger partial charge in [-0.05, 0) is 49.7 Å². The maximum atomic E-state index is 13.9. The summed E-state index contributed by atoms with van der Waals surface area (Å²) in [6, 6.07) is 1.71. The molecule has 35 heavy (non-hydrogen) atoms. The highest BCUT2D eigenvalue weighted by atomic mass is 19.4. The Morgan fingerprint density at radius 1 is 1.17 bits per heavy atom. The molecule has 3 saturated carbocycles. The van der Waals surface area contributed by atoms with E-state index in [1.165, 1.54) is 12.3 Å². The van der Waals surface area contributed by atoms with Gasteiger partial charge in [-0.2, -0.15) is 13.2 Å². The van der Waals surface area contributed by atoms with Crippen molar-refractivity contribution in [3.63, 3.8) is 0 Å². The van der Waals surface area contributed by atoms with Crippen LogP contribution in [0.25, 0.3) is 27.9 Å². The normalized spacial score (nSPS) is 24.3. The molecule has 0 radical (unpaired) electrons. The van der Waals surface area contributed by atoms with Crippen LogP contribution < -0.4 is 5.32 Å². The van der Waals surface area contributed by atoms with Crippen LogP contribution in [0.4, 0.5) is 23.4 Å². The van der Waals surface area contributed by atoms with Crippen LogP contribution in [0.3, 0.4) is 0 Å². The fraction of sp³-hybridized carbons (Fsp3) is 0.391. The van der Waals surface area contributed by atoms with Crippen LogP contribution in [0, 0.1) is 23.6 Å². The van der Waals surface area contributed by atoms with Crippen LogP contribution in [-0.4, -0.2) is 41.7 Å². The molecule has 3 fully saturated rings. The number of carbonyl (C=O) groups is 1. The van der Waals surface area contributed by atoms with Crippen LogP contribution in [0.15, 0.2) is 30.7 Å². The number of rotatable bonds is 4. The lowest BCUT2D eigenvalue weighted by molar-refractivity contribution is -0.148. The van der Waals surface area contributed by atoms with Crippen molar-refractivity contribution in [2.24, 2.45) is 17.8 Å². The van der Waals surface area contributed by atoms with Gasteiger partial charge in [-0.25, -0.2) is 18.9 Å². The number of carboxylic acids is 1. The zero-order valence-corrected chi connectivity index (χ0v) is 18.2. The highest BCUT2D eigenvalue weighted by Gasteiger charge is 2.47. The van der Waals surface area contributed by atoms with Crippen LogP contribution in [0.1, 0.15) is 31.2 Å². The topological polar surface area (TPSA) is 108 Å². The summed E-state index contributed by atoms with van der Waals surface area (Å²) >= 11 is 0. The number of nitrogens with one attached hydrogen (secondary N) is 2. The van der Waals surface area contributed by atoms with Crippen molar-refractivity contribution in [1.29, 1.82) is 0 Å². The number of H-pyrrole nitrogens is 1. The van der Waals surface area contributed by atoms with E-state index in [0.717, 1.165) is 48.7 Å². The minimum atomic E-state index is -4.60. The van der Waals surface area contributed by atoms with Crippen LogP contribution in [0.5, 0.6) is 0 Å². The van der Waals surface area contributed by atoms with Gasteiger partial charge < -0.3 is 15.4 Å². The Hall–Kier alpha value is -3.70. The van der Waals surface area contributed by atoms with E-state index < -0.39 is 35.5 Å². The lowest BCUT2D eigenvalue weighted by Crippen LogP contribution is -2.51. The first-order chi connectivity index (χ1) is 16.7. The van der Waals surface area contributed by atoms with Gasteiger partial charge in [-0.3, -0.25) is 4.79 Å². The number of aliphatic carboxylic acids is 1. The van der Waals surface area contributed by atoms with Crippen LogP contribution >= 0.6 is 0 Å². The fourth-order valence-corrected chi connectivity index (χ4v) is 5.71. The number of halogens is 4. The summed E-state index contributed by atoms with van der Waals surface area (Å²) in [6.45, 7) is 0. The van der Waals surface area contributed by atoms with Gasteiger partial charge in [0.1, 0.15) is 17.0 Å². The summed E-state index contributed by atoms with van der Waals surface area (Å²) in [5.74, 6) is -1.93. The van der Waals surface area contributed by atoms with Crippen molar-refractivity contribution in [2.75, 3.05) is 5.32 Å². The summed E-state index contributed by atoms with van der Waals surface area (Å²) in [6.07, 6.45) is 2.16. The molecule has 7 rings (SSSR count). The average molecular weight is 488 g/mol. The number of hydrogen-bond donors (Lipinski definition) is 3. The summed E-state index contributed by atoms with van der Waals surface area (Å²) in [7, 11) is 0. The van der Waals surface area contributed by atoms with E-state index >= 15 is 0 Å². The number of alkyl halides is 3. The Balaban J connectivity index is 1.51. The molecule has 0 amide bonds. The van der Waals surface area contributed by atoms with Crippen molar-refractivity contribution in [3.05, 3.63) is 42.1 Å². The zero-order chi connectivity index (χ0) is 24.5.